The van der Waals surface area contributed by atoms with E-state index in [0.717, 1.165) is 50.2 Å². The molecule has 2 fully saturated rings. The number of carbonyl (C=O) groups is 1. The third kappa shape index (κ3) is 3.33. The van der Waals surface area contributed by atoms with Crippen LogP contribution in [0.5, 0.6) is 0 Å². The zero-order valence-corrected chi connectivity index (χ0v) is 14.0. The fourth-order valence-corrected chi connectivity index (χ4v) is 3.11. The number of piperazine rings is 1. The Bertz CT molecular complexity index is 731. The number of rotatable bonds is 5. The van der Waals surface area contributed by atoms with Crippen LogP contribution in [0.2, 0.25) is 0 Å². The monoisotopic (exact) mass is 329 g/mol. The molecule has 0 spiro atoms. The first-order valence-corrected chi connectivity index (χ1v) is 8.60. The minimum Gasteiger partial charge on any atom is -0.355 e. The van der Waals surface area contributed by atoms with Crippen molar-refractivity contribution in [1.82, 2.24) is 29.8 Å². The van der Waals surface area contributed by atoms with Gasteiger partial charge >= 0.3 is 0 Å². The van der Waals surface area contributed by atoms with Crippen LogP contribution in [0.1, 0.15) is 18.5 Å². The second kappa shape index (κ2) is 6.35. The maximum Gasteiger partial charge on any atom is 0.254 e. The number of anilines is 1. The zero-order valence-electron chi connectivity index (χ0n) is 14.0. The van der Waals surface area contributed by atoms with Gasteiger partial charge in [-0.1, -0.05) is 0 Å². The Morgan fingerprint density at radius 2 is 2.08 bits per heavy atom. The molecule has 0 atom stereocenters. The van der Waals surface area contributed by atoms with E-state index in [1.807, 2.05) is 13.0 Å². The van der Waals surface area contributed by atoms with E-state index in [9.17, 15) is 4.79 Å². The molecular formula is C16H23N7O. The second-order valence-electron chi connectivity index (χ2n) is 6.74. The molecule has 2 aromatic heterocycles. The van der Waals surface area contributed by atoms with Gasteiger partial charge in [0, 0.05) is 44.5 Å². The van der Waals surface area contributed by atoms with Crippen molar-refractivity contribution >= 4 is 17.5 Å². The smallest absolute Gasteiger partial charge is 0.254 e. The van der Waals surface area contributed by atoms with Crippen LogP contribution in [-0.4, -0.2) is 69.7 Å². The van der Waals surface area contributed by atoms with Crippen LogP contribution in [0.3, 0.4) is 0 Å². The van der Waals surface area contributed by atoms with Crippen LogP contribution in [0.25, 0.3) is 5.78 Å². The Labute approximate surface area is 140 Å². The van der Waals surface area contributed by atoms with E-state index < -0.39 is 0 Å². The lowest BCUT2D eigenvalue weighted by Gasteiger charge is -2.35. The van der Waals surface area contributed by atoms with E-state index in [1.54, 1.807) is 4.52 Å². The molecule has 0 unspecified atom stereocenters. The molecular weight excluding hydrogens is 306 g/mol. The maximum atomic E-state index is 12.0. The summed E-state index contributed by atoms with van der Waals surface area (Å²) in [6.45, 7) is 6.79. The number of fused-ring (bicyclic) bond motifs is 1. The molecule has 0 aromatic carbocycles. The van der Waals surface area contributed by atoms with Gasteiger partial charge in [0.25, 0.3) is 5.78 Å². The van der Waals surface area contributed by atoms with Gasteiger partial charge in [0.15, 0.2) is 0 Å². The highest BCUT2D eigenvalue weighted by molar-refractivity contribution is 5.78. The Kier molecular flexibility index (Phi) is 4.05. The predicted molar refractivity (Wildman–Crippen MR) is 89.9 cm³/mol. The summed E-state index contributed by atoms with van der Waals surface area (Å²) < 4.78 is 1.78. The van der Waals surface area contributed by atoms with Gasteiger partial charge in [0.05, 0.1) is 6.54 Å². The Balaban J connectivity index is 1.35. The van der Waals surface area contributed by atoms with E-state index in [4.69, 9.17) is 0 Å². The van der Waals surface area contributed by atoms with Crippen molar-refractivity contribution in [1.29, 1.82) is 0 Å². The maximum absolute atomic E-state index is 12.0. The van der Waals surface area contributed by atoms with Crippen LogP contribution in [-0.2, 0) is 4.79 Å². The van der Waals surface area contributed by atoms with E-state index in [2.05, 4.69) is 30.2 Å². The first-order valence-electron chi connectivity index (χ1n) is 8.60. The number of nitrogens with one attached hydrogen (secondary N) is 1. The van der Waals surface area contributed by atoms with Crippen LogP contribution in [0, 0.1) is 12.8 Å². The predicted octanol–water partition coefficient (Wildman–Crippen LogP) is 0.0809. The number of aromatic nitrogens is 4. The molecule has 1 saturated heterocycles. The fourth-order valence-electron chi connectivity index (χ4n) is 3.11. The van der Waals surface area contributed by atoms with Crippen LogP contribution in [0.15, 0.2) is 12.4 Å². The number of carbonyl (C=O) groups excluding carboxylic acids is 1. The van der Waals surface area contributed by atoms with E-state index in [1.165, 1.54) is 19.2 Å². The summed E-state index contributed by atoms with van der Waals surface area (Å²) in [7, 11) is 0. The molecule has 128 valence electrons. The summed E-state index contributed by atoms with van der Waals surface area (Å²) in [4.78, 5) is 25.0. The van der Waals surface area contributed by atoms with Crippen molar-refractivity contribution in [2.75, 3.05) is 44.2 Å². The topological polar surface area (TPSA) is 78.7 Å². The molecule has 2 aromatic rings. The van der Waals surface area contributed by atoms with Gasteiger partial charge in [0.2, 0.25) is 5.91 Å². The molecule has 0 radical (unpaired) electrons. The molecule has 1 saturated carbocycles. The van der Waals surface area contributed by atoms with Gasteiger partial charge in [-0.2, -0.15) is 14.6 Å². The summed E-state index contributed by atoms with van der Waals surface area (Å²) in [5.74, 6) is 2.53. The molecule has 4 rings (SSSR count). The molecule has 0 bridgehead atoms. The second-order valence-corrected chi connectivity index (χ2v) is 6.74. The molecule has 8 nitrogen and oxygen atoms in total. The Morgan fingerprint density at radius 1 is 1.29 bits per heavy atom. The van der Waals surface area contributed by atoms with E-state index >= 15 is 0 Å². The fraction of sp³-hybridized carbons (Fsp3) is 0.625. The van der Waals surface area contributed by atoms with Crippen molar-refractivity contribution in [2.24, 2.45) is 5.92 Å². The van der Waals surface area contributed by atoms with Crippen molar-refractivity contribution in [3.05, 3.63) is 18.1 Å². The normalized spacial score (nSPS) is 19.0. The van der Waals surface area contributed by atoms with Crippen LogP contribution >= 0.6 is 0 Å². The van der Waals surface area contributed by atoms with E-state index in [0.29, 0.717) is 12.3 Å². The number of nitrogens with zero attached hydrogens (tertiary/aromatic N) is 6. The van der Waals surface area contributed by atoms with Crippen molar-refractivity contribution in [3.8, 4) is 0 Å². The van der Waals surface area contributed by atoms with Gasteiger partial charge < -0.3 is 10.2 Å². The lowest BCUT2D eigenvalue weighted by Crippen LogP contribution is -2.50. The largest absolute Gasteiger partial charge is 0.355 e. The summed E-state index contributed by atoms with van der Waals surface area (Å²) in [5.41, 5.74) is 0.937. The van der Waals surface area contributed by atoms with E-state index in [-0.39, 0.29) is 5.91 Å². The lowest BCUT2D eigenvalue weighted by atomic mass is 10.3. The highest BCUT2D eigenvalue weighted by Crippen LogP contribution is 2.27. The minimum absolute atomic E-state index is 0.147. The van der Waals surface area contributed by atoms with Crippen molar-refractivity contribution < 1.29 is 4.79 Å². The third-order valence-corrected chi connectivity index (χ3v) is 4.71. The van der Waals surface area contributed by atoms with Crippen molar-refractivity contribution in [2.45, 2.75) is 19.8 Å². The van der Waals surface area contributed by atoms with Crippen LogP contribution < -0.4 is 10.2 Å². The third-order valence-electron chi connectivity index (χ3n) is 4.71. The first kappa shape index (κ1) is 15.3. The summed E-state index contributed by atoms with van der Waals surface area (Å²) >= 11 is 0. The quantitative estimate of drug-likeness (QED) is 0.837. The SMILES string of the molecule is Cc1cc(N2CCN(CC(=O)NCC3CC3)CC2)n2ncnc2n1. The summed E-state index contributed by atoms with van der Waals surface area (Å²) in [6, 6.07) is 2.04. The molecule has 2 aliphatic rings. The number of aryl methyl sites for hydroxylation is 1. The molecule has 1 aliphatic heterocycles. The minimum atomic E-state index is 0.147. The van der Waals surface area contributed by atoms with Crippen molar-refractivity contribution in [3.63, 3.8) is 0 Å². The summed E-state index contributed by atoms with van der Waals surface area (Å²) in [5, 5.41) is 7.31. The van der Waals surface area contributed by atoms with Gasteiger partial charge in [-0.3, -0.25) is 9.69 Å². The average Bonchev–Trinajstić information content (AvgIpc) is 3.29. The first-order chi connectivity index (χ1) is 11.7. The molecule has 1 aliphatic carbocycles. The lowest BCUT2D eigenvalue weighted by molar-refractivity contribution is -0.122. The average molecular weight is 329 g/mol. The van der Waals surface area contributed by atoms with Gasteiger partial charge in [-0.15, -0.1) is 0 Å². The molecule has 3 heterocycles. The van der Waals surface area contributed by atoms with Gasteiger partial charge in [-0.25, -0.2) is 4.98 Å². The molecule has 24 heavy (non-hydrogen) atoms. The standard InChI is InChI=1S/C16H23N7O/c1-12-8-15(23-16(20-12)18-11-19-23)22-6-4-21(5-7-22)10-14(24)17-9-13-2-3-13/h8,11,13H,2-7,9-10H2,1H3,(H,17,24). The van der Waals surface area contributed by atoms with Gasteiger partial charge in [0.1, 0.15) is 12.1 Å². The number of hydrogen-bond donors (Lipinski definition) is 1. The zero-order chi connectivity index (χ0) is 16.5. The number of hydrogen-bond acceptors (Lipinski definition) is 6. The molecule has 8 heteroatoms. The Hall–Kier alpha value is -2.22. The summed E-state index contributed by atoms with van der Waals surface area (Å²) in [6.07, 6.45) is 4.06. The van der Waals surface area contributed by atoms with Gasteiger partial charge in [-0.05, 0) is 25.7 Å². The molecule has 1 N–H and O–H groups in total. The number of amides is 1. The highest BCUT2D eigenvalue weighted by Gasteiger charge is 2.24. The highest BCUT2D eigenvalue weighted by atomic mass is 16.2. The Morgan fingerprint density at radius 3 is 2.83 bits per heavy atom. The van der Waals surface area contributed by atoms with Crippen LogP contribution in [0.4, 0.5) is 5.82 Å². The molecule has 1 amide bonds.